The molecule has 0 atom stereocenters. The lowest BCUT2D eigenvalue weighted by Gasteiger charge is -2.39. The second-order valence-corrected chi connectivity index (χ2v) is 15.5. The number of nitrogens with zero attached hydrogens (tertiary/aromatic N) is 2. The zero-order chi connectivity index (χ0) is 37.1. The van der Waals surface area contributed by atoms with Gasteiger partial charge in [0.05, 0.1) is 16.8 Å². The third-order valence-corrected chi connectivity index (χ3v) is 12.5. The number of hydrogen-bond donors (Lipinski definition) is 0. The van der Waals surface area contributed by atoms with Gasteiger partial charge < -0.3 is 0 Å². The van der Waals surface area contributed by atoms with Crippen molar-refractivity contribution >= 4 is 11.8 Å². The Bertz CT molecular complexity index is 2850. The molecule has 11 rings (SSSR count). The predicted molar refractivity (Wildman–Crippen MR) is 231 cm³/mol. The van der Waals surface area contributed by atoms with Crippen LogP contribution in [0.1, 0.15) is 22.3 Å². The number of rotatable bonds is 5. The van der Waals surface area contributed by atoms with Crippen molar-refractivity contribution in [2.45, 2.75) is 15.2 Å². The summed E-state index contributed by atoms with van der Waals surface area (Å²) in [5.41, 5.74) is 17.1. The van der Waals surface area contributed by atoms with Crippen molar-refractivity contribution in [3.8, 4) is 67.3 Å². The van der Waals surface area contributed by atoms with Crippen LogP contribution in [0.25, 0.3) is 67.3 Å². The molecule has 56 heavy (non-hydrogen) atoms. The first-order chi connectivity index (χ1) is 27.8. The molecule has 1 aliphatic heterocycles. The summed E-state index contributed by atoms with van der Waals surface area (Å²) in [6.07, 6.45) is 0. The Morgan fingerprint density at radius 1 is 0.304 bits per heavy atom. The molecule has 1 spiro atoms. The number of aromatic nitrogens is 2. The van der Waals surface area contributed by atoms with E-state index in [0.717, 1.165) is 39.2 Å². The van der Waals surface area contributed by atoms with E-state index in [-0.39, 0.29) is 0 Å². The maximum absolute atomic E-state index is 5.23. The summed E-state index contributed by atoms with van der Waals surface area (Å²) in [5.74, 6) is 0.703. The summed E-state index contributed by atoms with van der Waals surface area (Å²) < 4.78 is 0. The summed E-state index contributed by atoms with van der Waals surface area (Å²) >= 11 is 1.88. The molecular weight excluding hydrogens is 697 g/mol. The van der Waals surface area contributed by atoms with Crippen LogP contribution in [0.15, 0.2) is 216 Å². The molecule has 0 fully saturated rings. The largest absolute Gasteiger partial charge is 0.228 e. The van der Waals surface area contributed by atoms with E-state index in [2.05, 4.69) is 194 Å². The Hall–Kier alpha value is -6.81. The van der Waals surface area contributed by atoms with Gasteiger partial charge in [-0.25, -0.2) is 9.97 Å². The van der Waals surface area contributed by atoms with E-state index < -0.39 is 5.41 Å². The monoisotopic (exact) mass is 730 g/mol. The van der Waals surface area contributed by atoms with Gasteiger partial charge in [0.25, 0.3) is 0 Å². The summed E-state index contributed by atoms with van der Waals surface area (Å²) in [5, 5.41) is 0. The van der Waals surface area contributed by atoms with Crippen LogP contribution in [0.4, 0.5) is 0 Å². The lowest BCUT2D eigenvalue weighted by molar-refractivity contribution is 0.722. The standard InChI is InChI=1S/C53H34N2S/c1-3-17-35(18-4-1)48-34-49(36-19-5-2-6-20-36)55-52(54-48)43-26-10-9-23-40(43)39-22-8-7-21-38(39)37-31-32-47-51(33-37)56-50-30-16-15-29-46(50)53(47)44-27-13-11-24-41(44)42-25-12-14-28-45(42)53/h1-34H. The summed E-state index contributed by atoms with van der Waals surface area (Å²) in [7, 11) is 0. The maximum Gasteiger partial charge on any atom is 0.161 e. The molecule has 2 nitrogen and oxygen atoms in total. The third-order valence-electron chi connectivity index (χ3n) is 11.4. The molecule has 1 aromatic heterocycles. The van der Waals surface area contributed by atoms with E-state index in [1.807, 2.05) is 23.9 Å². The van der Waals surface area contributed by atoms with Gasteiger partial charge in [-0.3, -0.25) is 0 Å². The predicted octanol–water partition coefficient (Wildman–Crippen LogP) is 13.6. The van der Waals surface area contributed by atoms with E-state index in [4.69, 9.17) is 9.97 Å². The molecule has 0 N–H and O–H groups in total. The molecular formula is C53H34N2S. The van der Waals surface area contributed by atoms with Gasteiger partial charge >= 0.3 is 0 Å². The van der Waals surface area contributed by atoms with Crippen LogP contribution in [-0.4, -0.2) is 9.97 Å². The van der Waals surface area contributed by atoms with Crippen molar-refractivity contribution in [1.82, 2.24) is 9.97 Å². The molecule has 0 saturated carbocycles. The minimum absolute atomic E-state index is 0.396. The van der Waals surface area contributed by atoms with Crippen LogP contribution in [0, 0.1) is 0 Å². The minimum atomic E-state index is -0.396. The summed E-state index contributed by atoms with van der Waals surface area (Å²) in [6, 6.07) is 74.3. The molecule has 2 aliphatic rings. The molecule has 0 saturated heterocycles. The van der Waals surface area contributed by atoms with Crippen LogP contribution in [0.2, 0.25) is 0 Å². The molecule has 0 radical (unpaired) electrons. The van der Waals surface area contributed by atoms with Gasteiger partial charge in [0.15, 0.2) is 5.82 Å². The number of hydrogen-bond acceptors (Lipinski definition) is 3. The van der Waals surface area contributed by atoms with Crippen LogP contribution in [0.3, 0.4) is 0 Å². The molecule has 8 aromatic carbocycles. The lowest BCUT2D eigenvalue weighted by Crippen LogP contribution is -2.31. The van der Waals surface area contributed by atoms with Crippen LogP contribution >= 0.6 is 11.8 Å². The van der Waals surface area contributed by atoms with Crippen LogP contribution < -0.4 is 0 Å². The zero-order valence-electron chi connectivity index (χ0n) is 30.4. The number of benzene rings is 8. The first kappa shape index (κ1) is 32.6. The van der Waals surface area contributed by atoms with Crippen molar-refractivity contribution in [2.75, 3.05) is 0 Å². The second-order valence-electron chi connectivity index (χ2n) is 14.4. The molecule has 0 bridgehead atoms. The summed E-state index contributed by atoms with van der Waals surface area (Å²) in [6.45, 7) is 0. The summed E-state index contributed by atoms with van der Waals surface area (Å²) in [4.78, 5) is 13.0. The molecule has 262 valence electrons. The first-order valence-corrected chi connectivity index (χ1v) is 19.9. The molecule has 3 heteroatoms. The Balaban J connectivity index is 1.09. The molecule has 2 heterocycles. The fourth-order valence-corrected chi connectivity index (χ4v) is 10.2. The molecule has 9 aromatic rings. The van der Waals surface area contributed by atoms with E-state index in [9.17, 15) is 0 Å². The highest BCUT2D eigenvalue weighted by Gasteiger charge is 2.50. The zero-order valence-corrected chi connectivity index (χ0v) is 31.2. The van der Waals surface area contributed by atoms with Gasteiger partial charge in [-0.1, -0.05) is 200 Å². The Morgan fingerprint density at radius 2 is 0.750 bits per heavy atom. The highest BCUT2D eigenvalue weighted by molar-refractivity contribution is 7.99. The van der Waals surface area contributed by atoms with Gasteiger partial charge in [-0.05, 0) is 73.8 Å². The SMILES string of the molecule is c1ccc(-c2cc(-c3ccccc3)nc(-c3ccccc3-c3ccccc3-c3ccc4c(c3)Sc3ccccc3C43c4ccccc4-c4ccccc43)n2)cc1. The maximum atomic E-state index is 5.23. The lowest BCUT2D eigenvalue weighted by atomic mass is 9.67. The fraction of sp³-hybridized carbons (Fsp3) is 0.0189. The van der Waals surface area contributed by atoms with Crippen molar-refractivity contribution in [1.29, 1.82) is 0 Å². The van der Waals surface area contributed by atoms with Crippen LogP contribution in [0.5, 0.6) is 0 Å². The van der Waals surface area contributed by atoms with E-state index in [1.54, 1.807) is 0 Å². The van der Waals surface area contributed by atoms with Gasteiger partial charge in [-0.15, -0.1) is 0 Å². The molecule has 0 amide bonds. The van der Waals surface area contributed by atoms with Crippen LogP contribution in [-0.2, 0) is 5.41 Å². The van der Waals surface area contributed by atoms with Crippen molar-refractivity contribution < 1.29 is 0 Å². The van der Waals surface area contributed by atoms with E-state index >= 15 is 0 Å². The third kappa shape index (κ3) is 5.05. The Kier molecular flexibility index (Phi) is 7.68. The second kappa shape index (κ2) is 13.2. The normalized spacial score (nSPS) is 13.1. The molecule has 1 aliphatic carbocycles. The van der Waals surface area contributed by atoms with Gasteiger partial charge in [0.2, 0.25) is 0 Å². The van der Waals surface area contributed by atoms with Crippen molar-refractivity contribution in [2.24, 2.45) is 0 Å². The average molecular weight is 731 g/mol. The minimum Gasteiger partial charge on any atom is -0.228 e. The first-order valence-electron chi connectivity index (χ1n) is 19.1. The van der Waals surface area contributed by atoms with Crippen molar-refractivity contribution in [3.63, 3.8) is 0 Å². The van der Waals surface area contributed by atoms with Gasteiger partial charge in [0.1, 0.15) is 0 Å². The highest BCUT2D eigenvalue weighted by Crippen LogP contribution is 2.62. The molecule has 0 unspecified atom stereocenters. The van der Waals surface area contributed by atoms with E-state index in [1.165, 1.54) is 54.3 Å². The Labute approximate surface area is 331 Å². The Morgan fingerprint density at radius 3 is 1.36 bits per heavy atom. The smallest absolute Gasteiger partial charge is 0.161 e. The van der Waals surface area contributed by atoms with E-state index in [0.29, 0.717) is 5.82 Å². The highest BCUT2D eigenvalue weighted by atomic mass is 32.2. The topological polar surface area (TPSA) is 25.8 Å². The van der Waals surface area contributed by atoms with Crippen molar-refractivity contribution in [3.05, 3.63) is 229 Å². The number of fused-ring (bicyclic) bond motifs is 9. The average Bonchev–Trinajstić information content (AvgIpc) is 3.57. The quantitative estimate of drug-likeness (QED) is 0.176. The van der Waals surface area contributed by atoms with Gasteiger partial charge in [0, 0.05) is 26.5 Å². The fourth-order valence-electron chi connectivity index (χ4n) is 8.99. The van der Waals surface area contributed by atoms with Gasteiger partial charge in [-0.2, -0.15) is 0 Å².